The number of alkyl halides is 2. The molecule has 0 aromatic heterocycles. The van der Waals surface area contributed by atoms with Crippen molar-refractivity contribution in [2.75, 3.05) is 7.11 Å². The Morgan fingerprint density at radius 1 is 1.26 bits per heavy atom. The van der Waals surface area contributed by atoms with Crippen LogP contribution in [-0.2, 0) is 23.9 Å². The number of carbonyl (C=O) groups is 3. The third-order valence-electron chi connectivity index (χ3n) is 9.28. The Hall–Kier alpha value is -1.80. The first kappa shape index (κ1) is 25.3. The van der Waals surface area contributed by atoms with E-state index in [-0.39, 0.29) is 36.3 Å². The number of esters is 2. The lowest BCUT2D eigenvalue weighted by molar-refractivity contribution is -0.238. The third-order valence-corrected chi connectivity index (χ3v) is 9.57. The summed E-state index contributed by atoms with van der Waals surface area (Å²) >= 11 is 6.08. The fourth-order valence-electron chi connectivity index (χ4n) is 7.68. The molecule has 6 nitrogen and oxygen atoms in total. The summed E-state index contributed by atoms with van der Waals surface area (Å²) in [5.41, 5.74) is -7.00. The molecule has 9 heteroatoms. The average molecular weight is 501 g/mol. The summed E-state index contributed by atoms with van der Waals surface area (Å²) in [6, 6.07) is 0. The van der Waals surface area contributed by atoms with Crippen molar-refractivity contribution in [1.29, 1.82) is 0 Å². The van der Waals surface area contributed by atoms with Crippen LogP contribution in [0.15, 0.2) is 22.8 Å². The predicted molar refractivity (Wildman–Crippen MR) is 119 cm³/mol. The van der Waals surface area contributed by atoms with Gasteiger partial charge in [-0.25, -0.2) is 13.6 Å². The van der Waals surface area contributed by atoms with Gasteiger partial charge in [0, 0.05) is 29.1 Å². The van der Waals surface area contributed by atoms with Gasteiger partial charge in [-0.05, 0) is 49.8 Å². The molecule has 0 heterocycles. The monoisotopic (exact) mass is 500 g/mol. The van der Waals surface area contributed by atoms with Crippen molar-refractivity contribution in [3.05, 3.63) is 22.8 Å². The molecule has 4 rings (SSSR count). The highest BCUT2D eigenvalue weighted by Crippen LogP contribution is 2.71. The second-order valence-corrected chi connectivity index (χ2v) is 11.1. The molecule has 0 spiro atoms. The van der Waals surface area contributed by atoms with E-state index in [1.165, 1.54) is 20.1 Å². The Morgan fingerprint density at radius 2 is 1.91 bits per heavy atom. The van der Waals surface area contributed by atoms with Crippen LogP contribution in [-0.4, -0.2) is 53.5 Å². The lowest BCUT2D eigenvalue weighted by atomic mass is 9.44. The zero-order valence-electron chi connectivity index (χ0n) is 20.0. The summed E-state index contributed by atoms with van der Waals surface area (Å²) < 4.78 is 43.8. The number of aliphatic hydroxyl groups excluding tert-OH is 1. The Morgan fingerprint density at radius 3 is 2.50 bits per heavy atom. The molecule has 1 N–H and O–H groups in total. The molecule has 0 aromatic rings. The van der Waals surface area contributed by atoms with E-state index >= 15 is 8.78 Å². The minimum absolute atomic E-state index is 0.0152. The smallest absolute Gasteiger partial charge is 0.351 e. The van der Waals surface area contributed by atoms with Crippen molar-refractivity contribution >= 4 is 29.3 Å². The quantitative estimate of drug-likeness (QED) is 0.589. The Bertz CT molecular complexity index is 1010. The summed E-state index contributed by atoms with van der Waals surface area (Å²) in [6.45, 7) is 6.48. The Balaban J connectivity index is 1.90. The maximum atomic E-state index is 17.3. The number of allylic oxidation sites excluding steroid dienone is 4. The first-order valence-electron chi connectivity index (χ1n) is 11.7. The predicted octanol–water partition coefficient (Wildman–Crippen LogP) is 3.98. The minimum atomic E-state index is -2.35. The van der Waals surface area contributed by atoms with Crippen molar-refractivity contribution in [1.82, 2.24) is 0 Å². The van der Waals surface area contributed by atoms with E-state index in [1.807, 2.05) is 0 Å². The van der Waals surface area contributed by atoms with Gasteiger partial charge in [-0.1, -0.05) is 32.4 Å². The van der Waals surface area contributed by atoms with Crippen molar-refractivity contribution in [2.24, 2.45) is 28.6 Å². The van der Waals surface area contributed by atoms with Gasteiger partial charge in [0.05, 0.1) is 18.2 Å². The molecule has 4 aliphatic carbocycles. The van der Waals surface area contributed by atoms with Crippen LogP contribution in [0.1, 0.15) is 53.4 Å². The SMILES string of the molecule is CCC(=O)O[C@]1(C(=O)OC)[C@H](C)C[C@H]2[C@@H]3C[C@H](F)C4=CC(=O)C(Cl)=C[C@]4(C)[C@@]3(F)[C@@H](O)C[C@@]21C. The molecule has 0 bridgehead atoms. The number of hydrogen-bond acceptors (Lipinski definition) is 6. The zero-order valence-corrected chi connectivity index (χ0v) is 20.7. The second kappa shape index (κ2) is 7.85. The van der Waals surface area contributed by atoms with Gasteiger partial charge < -0.3 is 14.6 Å². The number of fused-ring (bicyclic) bond motifs is 5. The molecule has 3 saturated carbocycles. The maximum absolute atomic E-state index is 17.3. The summed E-state index contributed by atoms with van der Waals surface area (Å²) in [5, 5.41) is 11.2. The van der Waals surface area contributed by atoms with Gasteiger partial charge in [0.15, 0.2) is 11.5 Å². The molecular weight excluding hydrogens is 470 g/mol. The van der Waals surface area contributed by atoms with Crippen molar-refractivity contribution in [3.8, 4) is 0 Å². The van der Waals surface area contributed by atoms with Gasteiger partial charge in [0.1, 0.15) is 6.17 Å². The molecule has 0 amide bonds. The molecule has 188 valence electrons. The molecule has 3 fully saturated rings. The number of hydrogen-bond donors (Lipinski definition) is 1. The van der Waals surface area contributed by atoms with Crippen LogP contribution in [0.4, 0.5) is 8.78 Å². The molecule has 9 atom stereocenters. The Labute approximate surface area is 202 Å². The van der Waals surface area contributed by atoms with Crippen LogP contribution >= 0.6 is 11.6 Å². The molecule has 0 unspecified atom stereocenters. The summed E-state index contributed by atoms with van der Waals surface area (Å²) in [5.74, 6) is -4.18. The van der Waals surface area contributed by atoms with E-state index in [9.17, 15) is 19.5 Å². The minimum Gasteiger partial charge on any atom is -0.466 e. The molecule has 0 saturated heterocycles. The number of ether oxygens (including phenoxy) is 2. The first-order chi connectivity index (χ1) is 15.7. The van der Waals surface area contributed by atoms with Crippen LogP contribution in [0, 0.1) is 28.6 Å². The average Bonchev–Trinajstić information content (AvgIpc) is 2.99. The van der Waals surface area contributed by atoms with Crippen LogP contribution in [0.2, 0.25) is 0 Å². The zero-order chi connectivity index (χ0) is 25.4. The van der Waals surface area contributed by atoms with E-state index in [2.05, 4.69) is 0 Å². The molecule has 4 aliphatic rings. The number of ketones is 1. The number of rotatable bonds is 3. The first-order valence-corrected chi connectivity index (χ1v) is 12.1. The standard InChI is InChI=1S/C25H31ClF2O6/c1-6-20(31)34-25(21(32)33-5)12(2)7-13-14-8-17(27)15-9-18(29)16(26)10-22(15,3)24(14,28)19(30)11-23(13,25)4/h9-10,12-14,17,19,30H,6-8,11H2,1-5H3/t12-,13+,14+,17+,19+,22+,23+,24+,25+/m1/s1. The van der Waals surface area contributed by atoms with Crippen molar-refractivity contribution < 1.29 is 37.7 Å². The number of aliphatic hydroxyl groups is 1. The van der Waals surface area contributed by atoms with Gasteiger partial charge >= 0.3 is 11.9 Å². The highest BCUT2D eigenvalue weighted by Gasteiger charge is 2.78. The van der Waals surface area contributed by atoms with Crippen LogP contribution in [0.3, 0.4) is 0 Å². The summed E-state index contributed by atoms with van der Waals surface area (Å²) in [4.78, 5) is 37.8. The molecule has 0 radical (unpaired) electrons. The van der Waals surface area contributed by atoms with Crippen LogP contribution in [0.25, 0.3) is 0 Å². The maximum Gasteiger partial charge on any atom is 0.351 e. The fourth-order valence-corrected chi connectivity index (χ4v) is 7.95. The second-order valence-electron chi connectivity index (χ2n) is 10.7. The van der Waals surface area contributed by atoms with Crippen molar-refractivity contribution in [2.45, 2.75) is 76.9 Å². The molecule has 0 aromatic carbocycles. The van der Waals surface area contributed by atoms with Gasteiger partial charge in [0.25, 0.3) is 0 Å². The summed E-state index contributed by atoms with van der Waals surface area (Å²) in [7, 11) is 1.19. The van der Waals surface area contributed by atoms with E-state index in [0.29, 0.717) is 0 Å². The molecular formula is C25H31ClF2O6. The third kappa shape index (κ3) is 2.84. The number of halogens is 3. The lowest BCUT2D eigenvalue weighted by Crippen LogP contribution is -2.71. The van der Waals surface area contributed by atoms with E-state index in [1.54, 1.807) is 20.8 Å². The van der Waals surface area contributed by atoms with E-state index in [4.69, 9.17) is 21.1 Å². The number of methoxy groups -OCH3 is 1. The summed E-state index contributed by atoms with van der Waals surface area (Å²) in [6.07, 6.45) is -1.24. The van der Waals surface area contributed by atoms with Crippen molar-refractivity contribution in [3.63, 3.8) is 0 Å². The molecule has 34 heavy (non-hydrogen) atoms. The lowest BCUT2D eigenvalue weighted by Gasteiger charge is -2.63. The normalized spacial score (nSPS) is 47.6. The van der Waals surface area contributed by atoms with Gasteiger partial charge in [-0.2, -0.15) is 0 Å². The van der Waals surface area contributed by atoms with Gasteiger partial charge in [-0.15, -0.1) is 0 Å². The molecule has 0 aliphatic heterocycles. The van der Waals surface area contributed by atoms with Gasteiger partial charge in [-0.3, -0.25) is 9.59 Å². The topological polar surface area (TPSA) is 89.9 Å². The fraction of sp³-hybridized carbons (Fsp3) is 0.720. The number of carbonyl (C=O) groups excluding carboxylic acids is 3. The van der Waals surface area contributed by atoms with Gasteiger partial charge in [0.2, 0.25) is 5.60 Å². The highest BCUT2D eigenvalue weighted by molar-refractivity contribution is 6.44. The Kier molecular flexibility index (Phi) is 5.84. The van der Waals surface area contributed by atoms with E-state index in [0.717, 1.165) is 6.08 Å². The van der Waals surface area contributed by atoms with Crippen LogP contribution < -0.4 is 0 Å². The largest absolute Gasteiger partial charge is 0.466 e. The van der Waals surface area contributed by atoms with Crippen LogP contribution in [0.5, 0.6) is 0 Å². The highest BCUT2D eigenvalue weighted by atomic mass is 35.5. The van der Waals surface area contributed by atoms with E-state index < -0.39 is 69.9 Å².